The Labute approximate surface area is 81.9 Å². The smallest absolute Gasteiger partial charge is 0.332 e. The van der Waals surface area contributed by atoms with E-state index in [4.69, 9.17) is 4.74 Å². The Kier molecular flexibility index (Phi) is 2.55. The zero-order valence-electron chi connectivity index (χ0n) is 8.42. The average Bonchev–Trinajstić information content (AvgIpc) is 2.02. The van der Waals surface area contributed by atoms with Crippen LogP contribution in [0.25, 0.3) is 0 Å². The summed E-state index contributed by atoms with van der Waals surface area (Å²) in [7, 11) is 0. The summed E-state index contributed by atoms with van der Waals surface area (Å²) < 4.78 is 4.90. The third kappa shape index (κ3) is 1.89. The van der Waals surface area contributed by atoms with E-state index in [1.165, 1.54) is 20.8 Å². The molecule has 0 fully saturated rings. The quantitative estimate of drug-likeness (QED) is 0.613. The van der Waals surface area contributed by atoms with Gasteiger partial charge in [0.15, 0.2) is 17.2 Å². The van der Waals surface area contributed by atoms with Gasteiger partial charge < -0.3 is 4.74 Å². The molecule has 1 atom stereocenters. The van der Waals surface area contributed by atoms with Gasteiger partial charge in [0.1, 0.15) is 0 Å². The van der Waals surface area contributed by atoms with Gasteiger partial charge in [0, 0.05) is 18.1 Å². The number of ketones is 2. The van der Waals surface area contributed by atoms with Crippen molar-refractivity contribution in [1.29, 1.82) is 0 Å². The number of carbonyl (C=O) groups excluding carboxylic acids is 3. The van der Waals surface area contributed by atoms with Gasteiger partial charge in [0.25, 0.3) is 0 Å². The minimum absolute atomic E-state index is 0.170. The molecular weight excluding hydrogens is 184 g/mol. The SMILES string of the molecule is CC(=O)C1=CC(=O)OC(C)(C(C)=O)C1. The maximum Gasteiger partial charge on any atom is 0.332 e. The van der Waals surface area contributed by atoms with Crippen LogP contribution in [0.3, 0.4) is 0 Å². The normalized spacial score (nSPS) is 26.5. The van der Waals surface area contributed by atoms with E-state index in [1.807, 2.05) is 0 Å². The summed E-state index contributed by atoms with van der Waals surface area (Å²) >= 11 is 0. The fourth-order valence-electron chi connectivity index (χ4n) is 1.27. The lowest BCUT2D eigenvalue weighted by Gasteiger charge is -2.30. The minimum Gasteiger partial charge on any atom is -0.448 e. The molecule has 1 aliphatic rings. The van der Waals surface area contributed by atoms with E-state index in [0.717, 1.165) is 6.08 Å². The van der Waals surface area contributed by atoms with Gasteiger partial charge in [-0.2, -0.15) is 0 Å². The van der Waals surface area contributed by atoms with E-state index in [9.17, 15) is 14.4 Å². The molecule has 0 saturated heterocycles. The van der Waals surface area contributed by atoms with Crippen molar-refractivity contribution < 1.29 is 19.1 Å². The molecule has 1 unspecified atom stereocenters. The van der Waals surface area contributed by atoms with Crippen LogP contribution in [-0.2, 0) is 19.1 Å². The van der Waals surface area contributed by atoms with Crippen LogP contribution >= 0.6 is 0 Å². The molecule has 0 spiro atoms. The van der Waals surface area contributed by atoms with E-state index in [2.05, 4.69) is 0 Å². The first-order valence-electron chi connectivity index (χ1n) is 4.31. The highest BCUT2D eigenvalue weighted by molar-refractivity contribution is 6.03. The fraction of sp³-hybridized carbons (Fsp3) is 0.500. The second-order valence-electron chi connectivity index (χ2n) is 3.61. The van der Waals surface area contributed by atoms with Crippen LogP contribution in [0, 0.1) is 0 Å². The lowest BCUT2D eigenvalue weighted by Crippen LogP contribution is -2.42. The number of cyclic esters (lactones) is 1. The topological polar surface area (TPSA) is 60.4 Å². The summed E-state index contributed by atoms with van der Waals surface area (Å²) in [6, 6.07) is 0. The van der Waals surface area contributed by atoms with Gasteiger partial charge in [-0.3, -0.25) is 9.59 Å². The summed E-state index contributed by atoms with van der Waals surface area (Å²) in [5, 5.41) is 0. The van der Waals surface area contributed by atoms with Gasteiger partial charge in [-0.25, -0.2) is 4.79 Å². The molecule has 1 aliphatic heterocycles. The standard InChI is InChI=1S/C10H12O4/c1-6(11)8-4-9(13)14-10(3,5-8)7(2)12/h4H,5H2,1-3H3. The highest BCUT2D eigenvalue weighted by atomic mass is 16.6. The molecule has 0 aromatic carbocycles. The van der Waals surface area contributed by atoms with Crippen molar-refractivity contribution in [1.82, 2.24) is 0 Å². The van der Waals surface area contributed by atoms with Crippen molar-refractivity contribution in [2.75, 3.05) is 0 Å². The van der Waals surface area contributed by atoms with Crippen molar-refractivity contribution in [2.45, 2.75) is 32.8 Å². The molecule has 0 aromatic heterocycles. The highest BCUT2D eigenvalue weighted by Gasteiger charge is 2.38. The maximum atomic E-state index is 11.2. The van der Waals surface area contributed by atoms with Crippen LogP contribution in [0.1, 0.15) is 27.2 Å². The molecule has 14 heavy (non-hydrogen) atoms. The second kappa shape index (κ2) is 3.36. The molecule has 0 amide bonds. The Morgan fingerprint density at radius 3 is 2.43 bits per heavy atom. The summed E-state index contributed by atoms with van der Waals surface area (Å²) in [6.07, 6.45) is 1.32. The number of rotatable bonds is 2. The summed E-state index contributed by atoms with van der Waals surface area (Å²) in [4.78, 5) is 33.4. The van der Waals surface area contributed by atoms with Crippen molar-refractivity contribution in [3.63, 3.8) is 0 Å². The molecule has 0 radical (unpaired) electrons. The molecule has 0 saturated carbocycles. The molecule has 0 bridgehead atoms. The largest absolute Gasteiger partial charge is 0.448 e. The van der Waals surface area contributed by atoms with E-state index >= 15 is 0 Å². The van der Waals surface area contributed by atoms with Gasteiger partial charge in [0.05, 0.1) is 0 Å². The number of carbonyl (C=O) groups is 3. The first-order chi connectivity index (χ1) is 6.35. The Morgan fingerprint density at radius 1 is 1.43 bits per heavy atom. The highest BCUT2D eigenvalue weighted by Crippen LogP contribution is 2.27. The second-order valence-corrected chi connectivity index (χ2v) is 3.61. The Hall–Kier alpha value is -1.45. The number of hydrogen-bond acceptors (Lipinski definition) is 4. The number of ether oxygens (including phenoxy) is 1. The van der Waals surface area contributed by atoms with Crippen molar-refractivity contribution in [3.05, 3.63) is 11.6 Å². The average molecular weight is 196 g/mol. The van der Waals surface area contributed by atoms with E-state index in [0.29, 0.717) is 5.57 Å². The summed E-state index contributed by atoms with van der Waals surface area (Å²) in [6.45, 7) is 4.23. The Balaban J connectivity index is 3.02. The lowest BCUT2D eigenvalue weighted by atomic mass is 9.89. The Bertz CT molecular complexity index is 340. The molecule has 0 N–H and O–H groups in total. The maximum absolute atomic E-state index is 11.2. The fourth-order valence-corrected chi connectivity index (χ4v) is 1.27. The van der Waals surface area contributed by atoms with E-state index in [-0.39, 0.29) is 18.0 Å². The predicted octanol–water partition coefficient (Wildman–Crippen LogP) is 0.796. The molecule has 76 valence electrons. The minimum atomic E-state index is -1.17. The summed E-state index contributed by atoms with van der Waals surface area (Å²) in [5.41, 5.74) is -0.828. The number of Topliss-reactive ketones (excluding diaryl/α,β-unsaturated/α-hetero) is 2. The van der Waals surface area contributed by atoms with E-state index < -0.39 is 11.6 Å². The van der Waals surface area contributed by atoms with Crippen LogP contribution in [0.2, 0.25) is 0 Å². The third-order valence-electron chi connectivity index (χ3n) is 2.34. The first-order valence-corrected chi connectivity index (χ1v) is 4.31. The van der Waals surface area contributed by atoms with Gasteiger partial charge in [0.2, 0.25) is 0 Å². The molecule has 0 aromatic rings. The molecule has 4 nitrogen and oxygen atoms in total. The zero-order chi connectivity index (χ0) is 10.9. The van der Waals surface area contributed by atoms with Crippen molar-refractivity contribution in [3.8, 4) is 0 Å². The predicted molar refractivity (Wildman–Crippen MR) is 48.6 cm³/mol. The number of esters is 1. The molecule has 1 heterocycles. The van der Waals surface area contributed by atoms with Crippen LogP contribution in [-0.4, -0.2) is 23.1 Å². The van der Waals surface area contributed by atoms with Crippen LogP contribution in [0.5, 0.6) is 0 Å². The number of hydrogen-bond donors (Lipinski definition) is 0. The van der Waals surface area contributed by atoms with Crippen LogP contribution < -0.4 is 0 Å². The van der Waals surface area contributed by atoms with Gasteiger partial charge in [-0.1, -0.05) is 0 Å². The van der Waals surface area contributed by atoms with Gasteiger partial charge >= 0.3 is 5.97 Å². The van der Waals surface area contributed by atoms with E-state index in [1.54, 1.807) is 0 Å². The third-order valence-corrected chi connectivity index (χ3v) is 2.34. The van der Waals surface area contributed by atoms with Crippen molar-refractivity contribution >= 4 is 17.5 Å². The zero-order valence-corrected chi connectivity index (χ0v) is 8.42. The van der Waals surface area contributed by atoms with Crippen LogP contribution in [0.15, 0.2) is 11.6 Å². The first kappa shape index (κ1) is 10.6. The molecule has 4 heteroatoms. The summed E-state index contributed by atoms with van der Waals surface area (Å²) in [5.74, 6) is -1.08. The monoisotopic (exact) mass is 196 g/mol. The molecular formula is C10H12O4. The van der Waals surface area contributed by atoms with Crippen molar-refractivity contribution in [2.24, 2.45) is 0 Å². The molecule has 1 rings (SSSR count). The van der Waals surface area contributed by atoms with Gasteiger partial charge in [-0.15, -0.1) is 0 Å². The lowest BCUT2D eigenvalue weighted by molar-refractivity contribution is -0.162. The van der Waals surface area contributed by atoms with Gasteiger partial charge in [-0.05, 0) is 20.8 Å². The van der Waals surface area contributed by atoms with Crippen LogP contribution in [0.4, 0.5) is 0 Å². The Morgan fingerprint density at radius 2 is 2.00 bits per heavy atom. The molecule has 0 aliphatic carbocycles.